The van der Waals surface area contributed by atoms with Crippen molar-refractivity contribution in [2.75, 3.05) is 7.11 Å². The molecular weight excluding hydrogens is 270 g/mol. The van der Waals surface area contributed by atoms with Crippen molar-refractivity contribution in [3.8, 4) is 0 Å². The topological polar surface area (TPSA) is 75.6 Å². The molecule has 0 unspecified atom stereocenters. The summed E-state index contributed by atoms with van der Waals surface area (Å²) in [6.07, 6.45) is 3.45. The molecule has 2 aliphatic carbocycles. The lowest BCUT2D eigenvalue weighted by atomic mass is 9.81. The van der Waals surface area contributed by atoms with Gasteiger partial charge in [-0.3, -0.25) is 4.79 Å². The van der Waals surface area contributed by atoms with Crippen molar-refractivity contribution in [2.24, 2.45) is 11.8 Å². The minimum absolute atomic E-state index is 0.120. The molecule has 1 aromatic carbocycles. The molecule has 3 rings (SSSR count). The van der Waals surface area contributed by atoms with Gasteiger partial charge in [-0.05, 0) is 18.6 Å². The van der Waals surface area contributed by atoms with Gasteiger partial charge in [0, 0.05) is 17.4 Å². The lowest BCUT2D eigenvalue weighted by molar-refractivity contribution is -0.154. The smallest absolute Gasteiger partial charge is 0.334 e. The molecule has 0 saturated heterocycles. The van der Waals surface area contributed by atoms with Crippen molar-refractivity contribution in [3.63, 3.8) is 0 Å². The van der Waals surface area contributed by atoms with Crippen molar-refractivity contribution in [1.29, 1.82) is 0 Å². The molecule has 21 heavy (non-hydrogen) atoms. The number of methoxy groups -OCH3 is 1. The van der Waals surface area contributed by atoms with Crippen LogP contribution in [0.3, 0.4) is 0 Å². The number of aliphatic hydroxyl groups is 1. The van der Waals surface area contributed by atoms with Crippen molar-refractivity contribution < 1.29 is 19.4 Å². The monoisotopic (exact) mass is 287 g/mol. The van der Waals surface area contributed by atoms with E-state index < -0.39 is 17.6 Å². The number of fused-ring (bicyclic) bond motifs is 2. The van der Waals surface area contributed by atoms with E-state index in [4.69, 9.17) is 4.74 Å². The predicted molar refractivity (Wildman–Crippen MR) is 75.4 cm³/mol. The fraction of sp³-hybridized carbons (Fsp3) is 0.375. The second kappa shape index (κ2) is 5.00. The van der Waals surface area contributed by atoms with Crippen LogP contribution in [0.25, 0.3) is 0 Å². The maximum absolute atomic E-state index is 12.4. The van der Waals surface area contributed by atoms with Gasteiger partial charge in [-0.15, -0.1) is 0 Å². The zero-order valence-electron chi connectivity index (χ0n) is 11.7. The Hall–Kier alpha value is -2.14. The highest BCUT2D eigenvalue weighted by molar-refractivity contribution is 5.99. The number of benzene rings is 1. The van der Waals surface area contributed by atoms with Gasteiger partial charge in [0.05, 0.1) is 13.2 Å². The third kappa shape index (κ3) is 1.96. The molecule has 2 N–H and O–H groups in total. The van der Waals surface area contributed by atoms with Crippen LogP contribution < -0.4 is 5.32 Å². The van der Waals surface area contributed by atoms with Gasteiger partial charge in [0.25, 0.3) is 5.91 Å². The molecule has 1 aromatic rings. The number of esters is 1. The second-order valence-electron chi connectivity index (χ2n) is 5.52. The Labute approximate surface area is 122 Å². The van der Waals surface area contributed by atoms with E-state index >= 15 is 0 Å². The van der Waals surface area contributed by atoms with Gasteiger partial charge in [-0.1, -0.05) is 30.4 Å². The lowest BCUT2D eigenvalue weighted by Crippen LogP contribution is -2.64. The summed E-state index contributed by atoms with van der Waals surface area (Å²) in [6, 6.07) is 8.63. The average molecular weight is 287 g/mol. The summed E-state index contributed by atoms with van der Waals surface area (Å²) in [5.74, 6) is -1.35. The van der Waals surface area contributed by atoms with Crippen molar-refractivity contribution in [3.05, 3.63) is 48.0 Å². The van der Waals surface area contributed by atoms with Gasteiger partial charge in [-0.25, -0.2) is 4.79 Å². The Bertz CT molecular complexity index is 598. The fourth-order valence-corrected chi connectivity index (χ4v) is 3.36. The van der Waals surface area contributed by atoms with Crippen LogP contribution in [-0.2, 0) is 9.53 Å². The van der Waals surface area contributed by atoms with Crippen LogP contribution in [0.1, 0.15) is 16.8 Å². The number of nitrogens with one attached hydrogen (secondary N) is 1. The first-order chi connectivity index (χ1) is 10.1. The molecule has 4 atom stereocenters. The summed E-state index contributed by atoms with van der Waals surface area (Å²) in [5, 5.41) is 13.2. The largest absolute Gasteiger partial charge is 0.467 e. The minimum Gasteiger partial charge on any atom is -0.467 e. The third-order valence-electron chi connectivity index (χ3n) is 4.45. The van der Waals surface area contributed by atoms with E-state index in [0.717, 1.165) is 0 Å². The van der Waals surface area contributed by atoms with E-state index in [2.05, 4.69) is 5.32 Å². The van der Waals surface area contributed by atoms with E-state index in [0.29, 0.717) is 12.0 Å². The molecule has 5 heteroatoms. The van der Waals surface area contributed by atoms with Crippen LogP contribution >= 0.6 is 0 Å². The molecule has 1 amide bonds. The molecule has 2 aliphatic rings. The highest BCUT2D eigenvalue weighted by Crippen LogP contribution is 2.47. The number of carbonyl (C=O) groups is 2. The van der Waals surface area contributed by atoms with Crippen LogP contribution in [0, 0.1) is 11.8 Å². The molecular formula is C16H17NO4. The molecule has 0 spiro atoms. The zero-order valence-corrected chi connectivity index (χ0v) is 11.7. The Morgan fingerprint density at radius 2 is 2.00 bits per heavy atom. The highest BCUT2D eigenvalue weighted by Gasteiger charge is 2.62. The number of amides is 1. The summed E-state index contributed by atoms with van der Waals surface area (Å²) in [5.41, 5.74) is -0.944. The molecule has 0 radical (unpaired) electrons. The van der Waals surface area contributed by atoms with Crippen LogP contribution in [0.15, 0.2) is 42.5 Å². The van der Waals surface area contributed by atoms with Gasteiger partial charge >= 0.3 is 5.97 Å². The van der Waals surface area contributed by atoms with Crippen molar-refractivity contribution in [1.82, 2.24) is 5.32 Å². The predicted octanol–water partition coefficient (Wildman–Crippen LogP) is 0.895. The van der Waals surface area contributed by atoms with Gasteiger partial charge in [-0.2, -0.15) is 0 Å². The second-order valence-corrected chi connectivity index (χ2v) is 5.52. The molecule has 0 heterocycles. The van der Waals surface area contributed by atoms with Gasteiger partial charge in [0.1, 0.15) is 0 Å². The molecule has 110 valence electrons. The highest BCUT2D eigenvalue weighted by atomic mass is 16.5. The third-order valence-corrected chi connectivity index (χ3v) is 4.45. The van der Waals surface area contributed by atoms with Crippen LogP contribution in [0.2, 0.25) is 0 Å². The number of hydrogen-bond acceptors (Lipinski definition) is 4. The normalized spacial score (nSPS) is 33.0. The molecule has 0 aromatic heterocycles. The summed E-state index contributed by atoms with van der Waals surface area (Å²) in [7, 11) is 1.27. The van der Waals surface area contributed by atoms with E-state index in [1.54, 1.807) is 24.3 Å². The Kier molecular flexibility index (Phi) is 3.29. The molecule has 5 nitrogen and oxygen atoms in total. The zero-order chi connectivity index (χ0) is 15.0. The molecule has 1 saturated carbocycles. The average Bonchev–Trinajstić information content (AvgIpc) is 3.10. The van der Waals surface area contributed by atoms with Crippen LogP contribution in [0.5, 0.6) is 0 Å². The number of hydrogen-bond donors (Lipinski definition) is 2. The Morgan fingerprint density at radius 3 is 2.57 bits per heavy atom. The van der Waals surface area contributed by atoms with Crippen LogP contribution in [0.4, 0.5) is 0 Å². The summed E-state index contributed by atoms with van der Waals surface area (Å²) < 4.78 is 4.85. The first kappa shape index (κ1) is 13.8. The van der Waals surface area contributed by atoms with Gasteiger partial charge in [0.15, 0.2) is 5.54 Å². The first-order valence-electron chi connectivity index (χ1n) is 6.92. The first-order valence-corrected chi connectivity index (χ1v) is 6.92. The van der Waals surface area contributed by atoms with Gasteiger partial charge < -0.3 is 15.2 Å². The number of ether oxygens (including phenoxy) is 1. The Balaban J connectivity index is 1.93. The molecule has 1 fully saturated rings. The number of rotatable bonds is 3. The van der Waals surface area contributed by atoms with E-state index in [1.165, 1.54) is 7.11 Å². The van der Waals surface area contributed by atoms with Crippen LogP contribution in [-0.4, -0.2) is 35.7 Å². The standard InChI is InChI=1S/C16H17NO4/c1-21-15(20)16(12-8-7-11(9-12)13(16)18)17-14(19)10-5-3-2-4-6-10/h2-8,11-13,18H,9H2,1H3,(H,17,19)/t11-,12+,13-,16+/m0/s1. The molecule has 2 bridgehead atoms. The SMILES string of the molecule is COC(=O)[C@@]1(NC(=O)c2ccccc2)[C@@H]2C=C[C@@H](C2)[C@@H]1O. The van der Waals surface area contributed by atoms with Crippen molar-refractivity contribution >= 4 is 11.9 Å². The van der Waals surface area contributed by atoms with E-state index in [9.17, 15) is 14.7 Å². The van der Waals surface area contributed by atoms with E-state index in [1.807, 2.05) is 18.2 Å². The van der Waals surface area contributed by atoms with Gasteiger partial charge in [0.2, 0.25) is 0 Å². The summed E-state index contributed by atoms with van der Waals surface area (Å²) in [6.45, 7) is 0. The minimum atomic E-state index is -1.39. The fourth-order valence-electron chi connectivity index (χ4n) is 3.36. The maximum atomic E-state index is 12.4. The lowest BCUT2D eigenvalue weighted by Gasteiger charge is -2.37. The molecule has 0 aliphatic heterocycles. The number of carbonyl (C=O) groups excluding carboxylic acids is 2. The number of aliphatic hydroxyl groups excluding tert-OH is 1. The summed E-state index contributed by atoms with van der Waals surface area (Å²) in [4.78, 5) is 24.7. The Morgan fingerprint density at radius 1 is 1.29 bits per heavy atom. The van der Waals surface area contributed by atoms with Crippen molar-refractivity contribution in [2.45, 2.75) is 18.1 Å². The maximum Gasteiger partial charge on any atom is 0.334 e. The quantitative estimate of drug-likeness (QED) is 0.639. The summed E-state index contributed by atoms with van der Waals surface area (Å²) >= 11 is 0. The van der Waals surface area contributed by atoms with E-state index in [-0.39, 0.29) is 17.7 Å².